The third kappa shape index (κ3) is 3.29. The third-order valence-corrected chi connectivity index (χ3v) is 5.18. The first-order chi connectivity index (χ1) is 12.4. The summed E-state index contributed by atoms with van der Waals surface area (Å²) in [5.74, 6) is -2.23. The van der Waals surface area contributed by atoms with Crippen molar-refractivity contribution in [1.29, 1.82) is 0 Å². The van der Waals surface area contributed by atoms with Gasteiger partial charge in [-0.05, 0) is 53.4 Å². The molecular weight excluding hydrogens is 354 g/mol. The number of benzene rings is 1. The summed E-state index contributed by atoms with van der Waals surface area (Å²) in [6, 6.07) is 5.84. The molecule has 0 aliphatic rings. The summed E-state index contributed by atoms with van der Waals surface area (Å²) in [5, 5.41) is 3.94. The molecular formula is C20H20F2N2OS. The van der Waals surface area contributed by atoms with E-state index in [-0.39, 0.29) is 0 Å². The van der Waals surface area contributed by atoms with Crippen LogP contribution in [-0.4, -0.2) is 10.5 Å². The number of nitrogens with zero attached hydrogens (tertiary/aromatic N) is 1. The predicted octanol–water partition coefficient (Wildman–Crippen LogP) is 4.90. The second-order valence-electron chi connectivity index (χ2n) is 6.24. The zero-order valence-corrected chi connectivity index (χ0v) is 15.5. The zero-order chi connectivity index (χ0) is 18.8. The van der Waals surface area contributed by atoms with Crippen molar-refractivity contribution in [3.8, 4) is 11.1 Å². The van der Waals surface area contributed by atoms with E-state index in [4.69, 9.17) is 5.73 Å². The van der Waals surface area contributed by atoms with Gasteiger partial charge in [-0.25, -0.2) is 8.78 Å². The maximum Gasteiger partial charge on any atom is 0.251 e. The molecule has 2 N–H and O–H groups in total. The minimum Gasteiger partial charge on any atom is -0.366 e. The second-order valence-corrected chi connectivity index (χ2v) is 7.02. The number of nitrogens with two attached hydrogens (primary N) is 1. The molecule has 2 heterocycles. The Morgan fingerprint density at radius 1 is 1.23 bits per heavy atom. The molecule has 1 aromatic carbocycles. The number of thiophene rings is 1. The van der Waals surface area contributed by atoms with Crippen LogP contribution in [0.15, 0.2) is 35.0 Å². The van der Waals surface area contributed by atoms with Crippen LogP contribution in [0.1, 0.15) is 40.7 Å². The highest BCUT2D eigenvalue weighted by atomic mass is 32.1. The van der Waals surface area contributed by atoms with E-state index in [1.165, 1.54) is 6.07 Å². The molecule has 3 aromatic rings. The molecule has 0 radical (unpaired) electrons. The average Bonchev–Trinajstić information content (AvgIpc) is 3.20. The van der Waals surface area contributed by atoms with Crippen LogP contribution in [0.2, 0.25) is 0 Å². The van der Waals surface area contributed by atoms with Gasteiger partial charge in [0.2, 0.25) is 0 Å². The summed E-state index contributed by atoms with van der Waals surface area (Å²) in [6.07, 6.45) is 1.64. The Morgan fingerprint density at radius 3 is 2.58 bits per heavy atom. The van der Waals surface area contributed by atoms with Gasteiger partial charge >= 0.3 is 0 Å². The van der Waals surface area contributed by atoms with Crippen molar-refractivity contribution in [3.63, 3.8) is 0 Å². The van der Waals surface area contributed by atoms with Crippen LogP contribution in [0.3, 0.4) is 0 Å². The maximum absolute atomic E-state index is 13.6. The van der Waals surface area contributed by atoms with E-state index in [1.807, 2.05) is 28.3 Å². The molecule has 0 aliphatic carbocycles. The lowest BCUT2D eigenvalue weighted by molar-refractivity contribution is 0.1000. The number of rotatable bonds is 6. The van der Waals surface area contributed by atoms with Gasteiger partial charge in [0.1, 0.15) is 0 Å². The van der Waals surface area contributed by atoms with E-state index in [2.05, 4.69) is 6.92 Å². The second kappa shape index (κ2) is 7.41. The number of primary amides is 1. The molecule has 0 bridgehead atoms. The number of carbonyl (C=O) groups excluding carboxylic acids is 1. The van der Waals surface area contributed by atoms with Crippen molar-refractivity contribution >= 4 is 17.2 Å². The molecule has 0 saturated carbocycles. The third-order valence-electron chi connectivity index (χ3n) is 4.50. The number of amides is 1. The first-order valence-corrected chi connectivity index (χ1v) is 9.36. The molecule has 0 aliphatic heterocycles. The van der Waals surface area contributed by atoms with E-state index in [1.54, 1.807) is 17.4 Å². The van der Waals surface area contributed by atoms with Crippen molar-refractivity contribution in [2.75, 3.05) is 0 Å². The highest BCUT2D eigenvalue weighted by Gasteiger charge is 2.24. The molecule has 3 nitrogen and oxygen atoms in total. The Hall–Kier alpha value is -2.47. The summed E-state index contributed by atoms with van der Waals surface area (Å²) in [5.41, 5.74) is 10.3. The summed E-state index contributed by atoms with van der Waals surface area (Å²) >= 11 is 1.55. The normalized spacial score (nSPS) is 11.1. The van der Waals surface area contributed by atoms with Gasteiger partial charge in [-0.3, -0.25) is 4.79 Å². The summed E-state index contributed by atoms with van der Waals surface area (Å²) in [6.45, 7) is 4.25. The van der Waals surface area contributed by atoms with Crippen molar-refractivity contribution in [2.24, 2.45) is 5.73 Å². The van der Waals surface area contributed by atoms with Crippen molar-refractivity contribution in [3.05, 3.63) is 69.2 Å². The van der Waals surface area contributed by atoms with Gasteiger partial charge in [0.25, 0.3) is 5.91 Å². The van der Waals surface area contributed by atoms with Crippen molar-refractivity contribution in [1.82, 2.24) is 4.57 Å². The lowest BCUT2D eigenvalue weighted by atomic mass is 10.0. The highest BCUT2D eigenvalue weighted by molar-refractivity contribution is 7.08. The Kier molecular flexibility index (Phi) is 5.23. The fraction of sp³-hybridized carbons (Fsp3) is 0.250. The molecule has 26 heavy (non-hydrogen) atoms. The molecule has 0 spiro atoms. The van der Waals surface area contributed by atoms with E-state index in [9.17, 15) is 13.6 Å². The first kappa shape index (κ1) is 18.3. The smallest absolute Gasteiger partial charge is 0.251 e. The minimum absolute atomic E-state index is 0.350. The van der Waals surface area contributed by atoms with E-state index < -0.39 is 17.5 Å². The largest absolute Gasteiger partial charge is 0.366 e. The van der Waals surface area contributed by atoms with E-state index in [0.717, 1.165) is 41.4 Å². The number of hydrogen-bond acceptors (Lipinski definition) is 2. The van der Waals surface area contributed by atoms with Gasteiger partial charge in [0, 0.05) is 23.5 Å². The topological polar surface area (TPSA) is 48.0 Å². The Balaban J connectivity index is 2.19. The SMILES string of the molecule is CCCc1c(-c2ccsc2)c(C(N)=O)c(C)n1Cc1ccc(F)c(F)c1. The van der Waals surface area contributed by atoms with Crippen molar-refractivity contribution < 1.29 is 13.6 Å². The maximum atomic E-state index is 13.6. The fourth-order valence-corrected chi connectivity index (χ4v) is 3.99. The van der Waals surface area contributed by atoms with Crippen LogP contribution in [0.25, 0.3) is 11.1 Å². The molecule has 1 amide bonds. The van der Waals surface area contributed by atoms with Crippen molar-refractivity contribution in [2.45, 2.75) is 33.2 Å². The molecule has 6 heteroatoms. The Morgan fingerprint density at radius 2 is 2.00 bits per heavy atom. The Bertz CT molecular complexity index is 945. The molecule has 0 atom stereocenters. The molecule has 0 unspecified atom stereocenters. The molecule has 0 saturated heterocycles. The number of aromatic nitrogens is 1. The van der Waals surface area contributed by atoms with E-state index in [0.29, 0.717) is 17.7 Å². The van der Waals surface area contributed by atoms with Gasteiger partial charge < -0.3 is 10.3 Å². The summed E-state index contributed by atoms with van der Waals surface area (Å²) < 4.78 is 28.8. The molecule has 3 rings (SSSR count). The quantitative estimate of drug-likeness (QED) is 0.655. The standard InChI is InChI=1S/C20H20F2N2OS/c1-3-4-17-19(14-7-8-26-11-14)18(20(23)25)12(2)24(17)10-13-5-6-15(21)16(22)9-13/h5-9,11H,3-4,10H2,1-2H3,(H2,23,25). The average molecular weight is 374 g/mol. The van der Waals surface area contributed by atoms with Gasteiger partial charge in [-0.15, -0.1) is 0 Å². The lowest BCUT2D eigenvalue weighted by Gasteiger charge is -2.13. The number of hydrogen-bond donors (Lipinski definition) is 1. The molecule has 0 fully saturated rings. The van der Waals surface area contributed by atoms with Gasteiger partial charge in [0.05, 0.1) is 5.56 Å². The predicted molar refractivity (Wildman–Crippen MR) is 100 cm³/mol. The van der Waals surface area contributed by atoms with Crippen LogP contribution in [-0.2, 0) is 13.0 Å². The number of halogens is 2. The van der Waals surface area contributed by atoms with Crippen LogP contribution in [0.4, 0.5) is 8.78 Å². The van der Waals surface area contributed by atoms with Gasteiger partial charge in [-0.1, -0.05) is 19.4 Å². The molecule has 2 aromatic heterocycles. The number of carbonyl (C=O) groups is 1. The van der Waals surface area contributed by atoms with Crippen LogP contribution in [0.5, 0.6) is 0 Å². The van der Waals surface area contributed by atoms with Crippen LogP contribution >= 0.6 is 11.3 Å². The minimum atomic E-state index is -0.877. The summed E-state index contributed by atoms with van der Waals surface area (Å²) in [7, 11) is 0. The van der Waals surface area contributed by atoms with Crippen LogP contribution < -0.4 is 5.73 Å². The van der Waals surface area contributed by atoms with E-state index >= 15 is 0 Å². The monoisotopic (exact) mass is 374 g/mol. The first-order valence-electron chi connectivity index (χ1n) is 8.42. The van der Waals surface area contributed by atoms with Gasteiger partial charge in [0.15, 0.2) is 11.6 Å². The zero-order valence-electron chi connectivity index (χ0n) is 14.7. The fourth-order valence-electron chi connectivity index (χ4n) is 3.35. The molecule has 136 valence electrons. The van der Waals surface area contributed by atoms with Crippen LogP contribution in [0, 0.1) is 18.6 Å². The lowest BCUT2D eigenvalue weighted by Crippen LogP contribution is -2.13. The summed E-state index contributed by atoms with van der Waals surface area (Å²) in [4.78, 5) is 12.2. The Labute approximate surface area is 155 Å². The highest BCUT2D eigenvalue weighted by Crippen LogP contribution is 2.35. The van der Waals surface area contributed by atoms with Gasteiger partial charge in [-0.2, -0.15) is 11.3 Å².